The Morgan fingerprint density at radius 3 is 2.62 bits per heavy atom. The maximum atomic E-state index is 11.9. The van der Waals surface area contributed by atoms with Gasteiger partial charge < -0.3 is 19.9 Å². The number of phenolic OH excluding ortho intramolecular Hbond substituents is 1. The number of halogens is 1. The lowest BCUT2D eigenvalue weighted by atomic mass is 10.2. The van der Waals surface area contributed by atoms with Crippen LogP contribution in [0.4, 0.5) is 5.69 Å². The summed E-state index contributed by atoms with van der Waals surface area (Å²) in [5.41, 5.74) is 1.35. The number of carbonyl (C=O) groups is 2. The zero-order valence-corrected chi connectivity index (χ0v) is 13.9. The molecule has 2 N–H and O–H groups in total. The highest BCUT2D eigenvalue weighted by molar-refractivity contribution is 6.30. The summed E-state index contributed by atoms with van der Waals surface area (Å²) in [5.74, 6) is -1.17. The fourth-order valence-electron chi connectivity index (χ4n) is 1.99. The van der Waals surface area contributed by atoms with Crippen LogP contribution in [0.15, 0.2) is 36.4 Å². The molecule has 2 aromatic carbocycles. The second kappa shape index (κ2) is 7.70. The van der Waals surface area contributed by atoms with E-state index in [-0.39, 0.29) is 16.3 Å². The van der Waals surface area contributed by atoms with Crippen molar-refractivity contribution in [2.24, 2.45) is 0 Å². The Labute approximate surface area is 144 Å². The number of carbonyl (C=O) groups excluding carboxylic acids is 2. The van der Waals surface area contributed by atoms with Gasteiger partial charge >= 0.3 is 5.97 Å². The lowest BCUT2D eigenvalue weighted by Gasteiger charge is -2.11. The van der Waals surface area contributed by atoms with Crippen LogP contribution in [0, 0.1) is 6.92 Å². The van der Waals surface area contributed by atoms with Crippen molar-refractivity contribution in [3.8, 4) is 11.5 Å². The molecule has 0 aromatic heterocycles. The van der Waals surface area contributed by atoms with Crippen LogP contribution < -0.4 is 10.1 Å². The van der Waals surface area contributed by atoms with Gasteiger partial charge in [0, 0.05) is 5.02 Å². The number of amides is 1. The number of hydrogen-bond donors (Lipinski definition) is 2. The number of esters is 1. The van der Waals surface area contributed by atoms with E-state index in [1.54, 1.807) is 12.1 Å². The van der Waals surface area contributed by atoms with Crippen molar-refractivity contribution >= 4 is 29.2 Å². The summed E-state index contributed by atoms with van der Waals surface area (Å²) in [7, 11) is 1.49. The Hall–Kier alpha value is -2.73. The summed E-state index contributed by atoms with van der Waals surface area (Å²) < 4.78 is 10.0. The molecule has 0 saturated heterocycles. The first-order chi connectivity index (χ1) is 11.4. The molecule has 0 saturated carbocycles. The molecule has 0 unspecified atom stereocenters. The van der Waals surface area contributed by atoms with E-state index in [4.69, 9.17) is 21.1 Å². The molecular formula is C17H16ClNO5. The lowest BCUT2D eigenvalue weighted by Crippen LogP contribution is -2.21. The number of ether oxygens (including phenoxy) is 2. The third-order valence-corrected chi connectivity index (χ3v) is 3.38. The molecule has 24 heavy (non-hydrogen) atoms. The van der Waals surface area contributed by atoms with Crippen LogP contribution in [-0.4, -0.2) is 30.7 Å². The van der Waals surface area contributed by atoms with E-state index in [9.17, 15) is 14.7 Å². The van der Waals surface area contributed by atoms with Gasteiger partial charge in [-0.1, -0.05) is 17.7 Å². The molecule has 126 valence electrons. The molecule has 0 fully saturated rings. The first-order valence-corrected chi connectivity index (χ1v) is 7.38. The molecule has 2 aromatic rings. The van der Waals surface area contributed by atoms with Crippen LogP contribution in [0.1, 0.15) is 15.9 Å². The summed E-state index contributed by atoms with van der Waals surface area (Å²) >= 11 is 5.69. The quantitative estimate of drug-likeness (QED) is 0.810. The third kappa shape index (κ3) is 4.39. The zero-order chi connectivity index (χ0) is 17.7. The van der Waals surface area contributed by atoms with Crippen molar-refractivity contribution in [3.63, 3.8) is 0 Å². The van der Waals surface area contributed by atoms with Crippen LogP contribution in [-0.2, 0) is 9.53 Å². The molecule has 0 aliphatic rings. The lowest BCUT2D eigenvalue weighted by molar-refractivity contribution is -0.119. The molecule has 7 heteroatoms. The van der Waals surface area contributed by atoms with E-state index in [2.05, 4.69) is 5.32 Å². The van der Waals surface area contributed by atoms with Crippen LogP contribution in [0.25, 0.3) is 0 Å². The largest absolute Gasteiger partial charge is 0.507 e. The predicted molar refractivity (Wildman–Crippen MR) is 89.8 cm³/mol. The number of benzene rings is 2. The average Bonchev–Trinajstić information content (AvgIpc) is 2.53. The van der Waals surface area contributed by atoms with E-state index in [0.29, 0.717) is 11.4 Å². The Morgan fingerprint density at radius 2 is 1.96 bits per heavy atom. The van der Waals surface area contributed by atoms with E-state index in [1.165, 1.54) is 25.3 Å². The number of hydrogen-bond acceptors (Lipinski definition) is 5. The molecule has 0 aliphatic heterocycles. The van der Waals surface area contributed by atoms with Gasteiger partial charge in [-0.25, -0.2) is 4.79 Å². The molecule has 2 rings (SSSR count). The topological polar surface area (TPSA) is 84.9 Å². The van der Waals surface area contributed by atoms with Crippen molar-refractivity contribution in [1.82, 2.24) is 0 Å². The Bertz CT molecular complexity index is 776. The molecule has 0 spiro atoms. The highest BCUT2D eigenvalue weighted by atomic mass is 35.5. The molecule has 0 radical (unpaired) electrons. The van der Waals surface area contributed by atoms with Gasteiger partial charge in [0.25, 0.3) is 5.91 Å². The van der Waals surface area contributed by atoms with Crippen molar-refractivity contribution < 1.29 is 24.2 Å². The van der Waals surface area contributed by atoms with Gasteiger partial charge in [0.15, 0.2) is 6.61 Å². The maximum Gasteiger partial charge on any atom is 0.342 e. The number of methoxy groups -OCH3 is 1. The minimum atomic E-state index is -0.824. The van der Waals surface area contributed by atoms with Crippen LogP contribution in [0.2, 0.25) is 5.02 Å². The Morgan fingerprint density at radius 1 is 1.21 bits per heavy atom. The molecule has 0 aliphatic carbocycles. The number of aryl methyl sites for hydroxylation is 1. The van der Waals surface area contributed by atoms with Gasteiger partial charge in [0.05, 0.1) is 12.8 Å². The standard InChI is InChI=1S/C17H16ClNO5/c1-10-3-6-15(23-2)13(7-10)19-16(21)9-24-17(22)12-5-4-11(18)8-14(12)20/h3-8,20H,9H2,1-2H3,(H,19,21). The third-order valence-electron chi connectivity index (χ3n) is 3.14. The second-order valence-electron chi connectivity index (χ2n) is 4.99. The normalized spacial score (nSPS) is 10.1. The molecule has 6 nitrogen and oxygen atoms in total. The Balaban J connectivity index is 1.98. The molecule has 1 amide bonds. The van der Waals surface area contributed by atoms with Crippen LogP contribution >= 0.6 is 11.6 Å². The minimum Gasteiger partial charge on any atom is -0.507 e. The summed E-state index contributed by atoms with van der Waals surface area (Å²) in [6.45, 7) is 1.37. The smallest absolute Gasteiger partial charge is 0.342 e. The van der Waals surface area contributed by atoms with E-state index < -0.39 is 18.5 Å². The summed E-state index contributed by atoms with van der Waals surface area (Å²) in [4.78, 5) is 23.8. The van der Waals surface area contributed by atoms with Gasteiger partial charge in [-0.2, -0.15) is 0 Å². The predicted octanol–water partition coefficient (Wildman–Crippen LogP) is 3.16. The second-order valence-corrected chi connectivity index (χ2v) is 5.43. The Kier molecular flexibility index (Phi) is 5.65. The molecule has 0 heterocycles. The van der Waals surface area contributed by atoms with Crippen molar-refractivity contribution in [2.45, 2.75) is 6.92 Å². The van der Waals surface area contributed by atoms with E-state index >= 15 is 0 Å². The van der Waals surface area contributed by atoms with Crippen molar-refractivity contribution in [1.29, 1.82) is 0 Å². The van der Waals surface area contributed by atoms with Crippen LogP contribution in [0.3, 0.4) is 0 Å². The highest BCUT2D eigenvalue weighted by Gasteiger charge is 2.15. The van der Waals surface area contributed by atoms with Gasteiger partial charge in [-0.15, -0.1) is 0 Å². The number of aromatic hydroxyl groups is 1. The number of rotatable bonds is 5. The number of anilines is 1. The SMILES string of the molecule is COc1ccc(C)cc1NC(=O)COC(=O)c1ccc(Cl)cc1O. The van der Waals surface area contributed by atoms with Gasteiger partial charge in [0.2, 0.25) is 0 Å². The number of phenols is 1. The van der Waals surface area contributed by atoms with E-state index in [1.807, 2.05) is 13.0 Å². The van der Waals surface area contributed by atoms with Crippen molar-refractivity contribution in [3.05, 3.63) is 52.5 Å². The van der Waals surface area contributed by atoms with Gasteiger partial charge in [0.1, 0.15) is 17.1 Å². The van der Waals surface area contributed by atoms with Gasteiger partial charge in [-0.05, 0) is 42.8 Å². The summed E-state index contributed by atoms with van der Waals surface area (Å²) in [6, 6.07) is 9.29. The van der Waals surface area contributed by atoms with Gasteiger partial charge in [-0.3, -0.25) is 4.79 Å². The first-order valence-electron chi connectivity index (χ1n) is 7.01. The highest BCUT2D eigenvalue weighted by Crippen LogP contribution is 2.25. The van der Waals surface area contributed by atoms with E-state index in [0.717, 1.165) is 5.56 Å². The average molecular weight is 350 g/mol. The van der Waals surface area contributed by atoms with Crippen LogP contribution in [0.5, 0.6) is 11.5 Å². The molecule has 0 bridgehead atoms. The number of nitrogens with one attached hydrogen (secondary N) is 1. The fourth-order valence-corrected chi connectivity index (χ4v) is 2.16. The van der Waals surface area contributed by atoms with Crippen molar-refractivity contribution in [2.75, 3.05) is 19.0 Å². The first kappa shape index (κ1) is 17.6. The maximum absolute atomic E-state index is 11.9. The molecular weight excluding hydrogens is 334 g/mol. The molecule has 0 atom stereocenters. The zero-order valence-electron chi connectivity index (χ0n) is 13.1. The monoisotopic (exact) mass is 349 g/mol. The summed E-state index contributed by atoms with van der Waals surface area (Å²) in [6.07, 6.45) is 0. The summed E-state index contributed by atoms with van der Waals surface area (Å²) in [5, 5.41) is 12.6. The fraction of sp³-hybridized carbons (Fsp3) is 0.176. The minimum absolute atomic E-state index is 0.0691.